The molecule has 164 valence electrons. The Labute approximate surface area is 212 Å². The van der Waals surface area contributed by atoms with Crippen LogP contribution in [0, 0.1) is 0 Å². The van der Waals surface area contributed by atoms with Crippen molar-refractivity contribution >= 4 is 43.6 Å². The van der Waals surface area contributed by atoms with Crippen LogP contribution >= 0.6 is 43.6 Å². The summed E-state index contributed by atoms with van der Waals surface area (Å²) in [5.74, 6) is 1.37. The van der Waals surface area contributed by atoms with Crippen LogP contribution in [-0.2, 0) is 12.3 Å². The Morgan fingerprint density at radius 3 is 2.42 bits per heavy atom. The maximum atomic E-state index is 4.67. The molecule has 2 heterocycles. The number of rotatable bonds is 7. The standard InChI is InChI=1S/C24H18Br2N6S/c25-19-11-9-17(10-12-19)15-31-29-23(28-30-31)22-14-27-32(21-8-4-7-20(26)13-21)24(22)33-16-18-5-2-1-3-6-18/h1-14H,15-16H2. The largest absolute Gasteiger partial charge is 0.226 e. The molecule has 0 fully saturated rings. The zero-order valence-electron chi connectivity index (χ0n) is 17.3. The van der Waals surface area contributed by atoms with Crippen LogP contribution in [0.15, 0.2) is 99.0 Å². The highest BCUT2D eigenvalue weighted by atomic mass is 79.9. The highest BCUT2D eigenvalue weighted by molar-refractivity contribution is 9.10. The summed E-state index contributed by atoms with van der Waals surface area (Å²) in [6, 6.07) is 26.6. The van der Waals surface area contributed by atoms with Gasteiger partial charge >= 0.3 is 0 Å². The van der Waals surface area contributed by atoms with Gasteiger partial charge in [0.2, 0.25) is 5.82 Å². The minimum Gasteiger partial charge on any atom is -0.226 e. The molecule has 3 aromatic carbocycles. The Balaban J connectivity index is 1.47. The van der Waals surface area contributed by atoms with Gasteiger partial charge in [-0.25, -0.2) is 4.68 Å². The van der Waals surface area contributed by atoms with E-state index in [-0.39, 0.29) is 0 Å². The van der Waals surface area contributed by atoms with Crippen LogP contribution in [0.5, 0.6) is 0 Å². The number of nitrogens with zero attached hydrogens (tertiary/aromatic N) is 6. The first-order valence-corrected chi connectivity index (χ1v) is 12.8. The number of benzene rings is 3. The number of aromatic nitrogens is 6. The molecule has 0 aliphatic heterocycles. The average Bonchev–Trinajstić information content (AvgIpc) is 3.47. The van der Waals surface area contributed by atoms with Gasteiger partial charge in [0, 0.05) is 14.7 Å². The number of hydrogen-bond donors (Lipinski definition) is 0. The summed E-state index contributed by atoms with van der Waals surface area (Å²) in [6.45, 7) is 0.548. The van der Waals surface area contributed by atoms with Gasteiger partial charge < -0.3 is 0 Å². The van der Waals surface area contributed by atoms with E-state index in [1.807, 2.05) is 65.5 Å². The molecule has 33 heavy (non-hydrogen) atoms. The normalized spacial score (nSPS) is 11.1. The van der Waals surface area contributed by atoms with Crippen molar-refractivity contribution < 1.29 is 0 Å². The van der Waals surface area contributed by atoms with E-state index in [1.54, 1.807) is 16.6 Å². The van der Waals surface area contributed by atoms with E-state index in [1.165, 1.54) is 5.56 Å². The average molecular weight is 582 g/mol. The Bertz CT molecular complexity index is 1370. The molecule has 6 nitrogen and oxygen atoms in total. The molecule has 0 aliphatic carbocycles. The summed E-state index contributed by atoms with van der Waals surface area (Å²) < 4.78 is 3.97. The second-order valence-corrected chi connectivity index (χ2v) is 10.1. The van der Waals surface area contributed by atoms with Gasteiger partial charge in [0.05, 0.1) is 24.0 Å². The summed E-state index contributed by atoms with van der Waals surface area (Å²) in [4.78, 5) is 1.61. The molecule has 5 rings (SSSR count). The lowest BCUT2D eigenvalue weighted by atomic mass is 10.2. The third kappa shape index (κ3) is 5.26. The fourth-order valence-electron chi connectivity index (χ4n) is 3.32. The summed E-state index contributed by atoms with van der Waals surface area (Å²) in [5.41, 5.74) is 4.17. The lowest BCUT2D eigenvalue weighted by molar-refractivity contribution is 0.573. The van der Waals surface area contributed by atoms with Gasteiger partial charge in [-0.3, -0.25) is 0 Å². The van der Waals surface area contributed by atoms with E-state index < -0.39 is 0 Å². The van der Waals surface area contributed by atoms with Crippen LogP contribution in [0.2, 0.25) is 0 Å². The highest BCUT2D eigenvalue weighted by Crippen LogP contribution is 2.34. The van der Waals surface area contributed by atoms with E-state index in [9.17, 15) is 0 Å². The zero-order chi connectivity index (χ0) is 22.6. The molecular formula is C24H18Br2N6S. The highest BCUT2D eigenvalue weighted by Gasteiger charge is 2.19. The third-order valence-corrected chi connectivity index (χ3v) is 7.09. The first-order valence-electron chi connectivity index (χ1n) is 10.2. The predicted molar refractivity (Wildman–Crippen MR) is 137 cm³/mol. The molecule has 2 aromatic heterocycles. The molecule has 0 N–H and O–H groups in total. The molecule has 9 heteroatoms. The summed E-state index contributed by atoms with van der Waals surface area (Å²) in [6.07, 6.45) is 1.81. The van der Waals surface area contributed by atoms with E-state index in [0.717, 1.165) is 36.5 Å². The summed E-state index contributed by atoms with van der Waals surface area (Å²) >= 11 is 8.73. The van der Waals surface area contributed by atoms with Crippen molar-refractivity contribution in [1.82, 2.24) is 30.0 Å². The monoisotopic (exact) mass is 580 g/mol. The Kier molecular flexibility index (Phi) is 6.70. The molecule has 0 unspecified atom stereocenters. The molecule has 0 spiro atoms. The first kappa shape index (κ1) is 22.1. The molecule has 0 saturated carbocycles. The number of halogens is 2. The molecule has 5 aromatic rings. The van der Waals surface area contributed by atoms with Crippen molar-refractivity contribution in [3.63, 3.8) is 0 Å². The van der Waals surface area contributed by atoms with Gasteiger partial charge in [-0.1, -0.05) is 80.4 Å². The van der Waals surface area contributed by atoms with Gasteiger partial charge in [0.1, 0.15) is 5.03 Å². The van der Waals surface area contributed by atoms with Crippen molar-refractivity contribution in [3.05, 3.63) is 105 Å². The summed E-state index contributed by atoms with van der Waals surface area (Å²) in [5, 5.41) is 18.9. The maximum absolute atomic E-state index is 4.67. The minimum atomic E-state index is 0.548. The van der Waals surface area contributed by atoms with Crippen molar-refractivity contribution in [2.45, 2.75) is 17.3 Å². The smallest absolute Gasteiger partial charge is 0.209 e. The predicted octanol–water partition coefficient (Wildman–Crippen LogP) is 6.39. The Morgan fingerprint density at radius 2 is 1.64 bits per heavy atom. The lowest BCUT2D eigenvalue weighted by Crippen LogP contribution is -2.03. The maximum Gasteiger partial charge on any atom is 0.209 e. The molecule has 0 atom stereocenters. The minimum absolute atomic E-state index is 0.548. The molecule has 0 amide bonds. The molecule has 0 aliphatic rings. The van der Waals surface area contributed by atoms with Gasteiger partial charge in [0.15, 0.2) is 0 Å². The number of tetrazole rings is 1. The molecule has 0 bridgehead atoms. The van der Waals surface area contributed by atoms with E-state index in [2.05, 4.69) is 76.6 Å². The fourth-order valence-corrected chi connectivity index (χ4v) is 5.04. The SMILES string of the molecule is Brc1ccc(Cn2nnc(-c3cnn(-c4cccc(Br)c4)c3SCc3ccccc3)n2)cc1. The third-order valence-electron chi connectivity index (χ3n) is 4.93. The van der Waals surface area contributed by atoms with Gasteiger partial charge in [0.25, 0.3) is 0 Å². The van der Waals surface area contributed by atoms with Crippen LogP contribution in [0.4, 0.5) is 0 Å². The quantitative estimate of drug-likeness (QED) is 0.208. The summed E-state index contributed by atoms with van der Waals surface area (Å²) in [7, 11) is 0. The van der Waals surface area contributed by atoms with Crippen LogP contribution in [0.1, 0.15) is 11.1 Å². The topological polar surface area (TPSA) is 61.4 Å². The second-order valence-electron chi connectivity index (χ2n) is 7.30. The van der Waals surface area contributed by atoms with E-state index >= 15 is 0 Å². The Morgan fingerprint density at radius 1 is 0.818 bits per heavy atom. The van der Waals surface area contributed by atoms with Crippen molar-refractivity contribution in [2.24, 2.45) is 0 Å². The lowest BCUT2D eigenvalue weighted by Gasteiger charge is -2.09. The van der Waals surface area contributed by atoms with Crippen LogP contribution in [-0.4, -0.2) is 30.0 Å². The second kappa shape index (κ2) is 10.0. The first-order chi connectivity index (χ1) is 16.2. The van der Waals surface area contributed by atoms with Gasteiger partial charge in [-0.2, -0.15) is 9.90 Å². The Hall–Kier alpha value is -2.75. The number of hydrogen-bond acceptors (Lipinski definition) is 5. The molecule has 0 radical (unpaired) electrons. The van der Waals surface area contributed by atoms with Crippen LogP contribution < -0.4 is 0 Å². The van der Waals surface area contributed by atoms with Crippen LogP contribution in [0.3, 0.4) is 0 Å². The van der Waals surface area contributed by atoms with E-state index in [4.69, 9.17) is 0 Å². The fraction of sp³-hybridized carbons (Fsp3) is 0.0833. The van der Waals surface area contributed by atoms with Crippen molar-refractivity contribution in [2.75, 3.05) is 0 Å². The van der Waals surface area contributed by atoms with Gasteiger partial charge in [-0.05, 0) is 46.7 Å². The van der Waals surface area contributed by atoms with E-state index in [0.29, 0.717) is 12.4 Å². The van der Waals surface area contributed by atoms with Crippen LogP contribution in [0.25, 0.3) is 17.1 Å². The molecular weight excluding hydrogens is 564 g/mol. The zero-order valence-corrected chi connectivity index (χ0v) is 21.3. The van der Waals surface area contributed by atoms with Crippen molar-refractivity contribution in [3.8, 4) is 17.1 Å². The number of thioether (sulfide) groups is 1. The van der Waals surface area contributed by atoms with Crippen molar-refractivity contribution in [1.29, 1.82) is 0 Å². The van der Waals surface area contributed by atoms with Gasteiger partial charge in [-0.15, -0.1) is 22.0 Å². The molecule has 0 saturated heterocycles.